The first kappa shape index (κ1) is 17.1. The van der Waals surface area contributed by atoms with E-state index in [0.29, 0.717) is 16.4 Å². The normalized spacial score (nSPS) is 15.6. The number of hydrogen-bond donors (Lipinski definition) is 0. The Morgan fingerprint density at radius 3 is 2.08 bits per heavy atom. The van der Waals surface area contributed by atoms with E-state index in [1.807, 2.05) is 63.2 Å². The summed E-state index contributed by atoms with van der Waals surface area (Å²) in [5.74, 6) is 0.382. The predicted molar refractivity (Wildman–Crippen MR) is 101 cm³/mol. The van der Waals surface area contributed by atoms with Crippen molar-refractivity contribution < 1.29 is 9.53 Å². The molecular formula is C21H17NO2S. The van der Waals surface area contributed by atoms with Crippen LogP contribution in [0.2, 0.25) is 0 Å². The van der Waals surface area contributed by atoms with Crippen LogP contribution in [0.5, 0.6) is 0 Å². The van der Waals surface area contributed by atoms with Gasteiger partial charge in [-0.15, -0.1) is 0 Å². The Morgan fingerprint density at radius 1 is 0.960 bits per heavy atom. The van der Waals surface area contributed by atoms with Crippen molar-refractivity contribution >= 4 is 23.3 Å². The van der Waals surface area contributed by atoms with E-state index < -0.39 is 0 Å². The van der Waals surface area contributed by atoms with E-state index in [1.165, 1.54) is 11.8 Å². The molecule has 4 heteroatoms. The molecule has 1 heterocycles. The largest absolute Gasteiger partial charge is 0.447 e. The van der Waals surface area contributed by atoms with Crippen LogP contribution in [0.25, 0.3) is 5.76 Å². The summed E-state index contributed by atoms with van der Waals surface area (Å²) < 4.78 is 5.90. The van der Waals surface area contributed by atoms with E-state index in [1.54, 1.807) is 12.1 Å². The number of aryl methyl sites for hydroxylation is 2. The number of thioether (sulfide) groups is 1. The number of ketones is 1. The standard InChI is InChI=1S/C21H17NO2S/c1-13-4-8-16(9-5-13)19(23)18(12-22)21-24-20(15(3)25-21)17-10-6-14(2)7-11-17/h4-11H,1-3H3/b21-18-. The van der Waals surface area contributed by atoms with Gasteiger partial charge in [0.05, 0.1) is 0 Å². The Morgan fingerprint density at radius 2 is 1.52 bits per heavy atom. The highest BCUT2D eigenvalue weighted by Crippen LogP contribution is 2.44. The highest BCUT2D eigenvalue weighted by molar-refractivity contribution is 8.07. The molecule has 0 saturated carbocycles. The number of nitrogens with zero attached hydrogens (tertiary/aromatic N) is 1. The third kappa shape index (κ3) is 3.52. The molecule has 0 unspecified atom stereocenters. The second-order valence-electron chi connectivity index (χ2n) is 5.92. The highest BCUT2D eigenvalue weighted by atomic mass is 32.2. The van der Waals surface area contributed by atoms with E-state index in [0.717, 1.165) is 21.6 Å². The molecule has 25 heavy (non-hydrogen) atoms. The summed E-state index contributed by atoms with van der Waals surface area (Å²) in [5, 5.41) is 9.86. The Kier molecular flexibility index (Phi) is 4.78. The molecule has 0 aliphatic carbocycles. The van der Waals surface area contributed by atoms with Crippen molar-refractivity contribution in [2.45, 2.75) is 20.8 Å². The van der Waals surface area contributed by atoms with Crippen LogP contribution in [0.15, 0.2) is 64.1 Å². The van der Waals surface area contributed by atoms with Gasteiger partial charge in [0.1, 0.15) is 17.4 Å². The summed E-state index contributed by atoms with van der Waals surface area (Å²) in [7, 11) is 0. The Hall–Kier alpha value is -2.77. The number of benzene rings is 2. The fourth-order valence-corrected chi connectivity index (χ4v) is 3.37. The van der Waals surface area contributed by atoms with Gasteiger partial charge in [-0.3, -0.25) is 4.79 Å². The van der Waals surface area contributed by atoms with Crippen molar-refractivity contribution in [1.82, 2.24) is 0 Å². The average Bonchev–Trinajstić information content (AvgIpc) is 2.98. The van der Waals surface area contributed by atoms with E-state index in [4.69, 9.17) is 4.74 Å². The van der Waals surface area contributed by atoms with Crippen LogP contribution in [-0.2, 0) is 4.74 Å². The van der Waals surface area contributed by atoms with Crippen molar-refractivity contribution in [1.29, 1.82) is 5.26 Å². The van der Waals surface area contributed by atoms with Gasteiger partial charge in [-0.2, -0.15) is 5.26 Å². The van der Waals surface area contributed by atoms with E-state index in [2.05, 4.69) is 0 Å². The molecule has 2 aromatic rings. The van der Waals surface area contributed by atoms with Gasteiger partial charge in [-0.05, 0) is 20.8 Å². The molecule has 0 aromatic heterocycles. The van der Waals surface area contributed by atoms with Crippen LogP contribution < -0.4 is 0 Å². The Labute approximate surface area is 151 Å². The van der Waals surface area contributed by atoms with E-state index in [-0.39, 0.29) is 11.4 Å². The van der Waals surface area contributed by atoms with E-state index >= 15 is 0 Å². The number of ether oxygens (including phenoxy) is 1. The molecule has 0 atom stereocenters. The first-order valence-corrected chi connectivity index (χ1v) is 8.70. The smallest absolute Gasteiger partial charge is 0.207 e. The second-order valence-corrected chi connectivity index (χ2v) is 7.11. The van der Waals surface area contributed by atoms with Crippen molar-refractivity contribution in [2.75, 3.05) is 0 Å². The lowest BCUT2D eigenvalue weighted by Crippen LogP contribution is -2.04. The zero-order chi connectivity index (χ0) is 18.0. The molecule has 0 saturated heterocycles. The fourth-order valence-electron chi connectivity index (χ4n) is 2.48. The summed E-state index contributed by atoms with van der Waals surface area (Å²) in [6.07, 6.45) is 0. The number of carbonyl (C=O) groups is 1. The first-order valence-electron chi connectivity index (χ1n) is 7.89. The molecule has 0 radical (unpaired) electrons. The lowest BCUT2D eigenvalue weighted by molar-refractivity contribution is 0.103. The van der Waals surface area contributed by atoms with Crippen LogP contribution in [0.3, 0.4) is 0 Å². The van der Waals surface area contributed by atoms with Gasteiger partial charge in [-0.25, -0.2) is 0 Å². The minimum absolute atomic E-state index is 0.0373. The number of Topliss-reactive ketones (excluding diaryl/α,β-unsaturated/α-hetero) is 1. The molecule has 1 aliphatic heterocycles. The topological polar surface area (TPSA) is 50.1 Å². The number of carbonyl (C=O) groups excluding carboxylic acids is 1. The summed E-state index contributed by atoms with van der Waals surface area (Å²) in [6.45, 7) is 5.90. The van der Waals surface area contributed by atoms with Crippen LogP contribution in [0.1, 0.15) is 34.0 Å². The molecule has 0 amide bonds. The number of nitriles is 1. The maximum absolute atomic E-state index is 12.7. The van der Waals surface area contributed by atoms with Gasteiger partial charge in [0.2, 0.25) is 5.78 Å². The predicted octanol–water partition coefficient (Wildman–Crippen LogP) is 5.37. The summed E-state index contributed by atoms with van der Waals surface area (Å²) in [5.41, 5.74) is 3.69. The Balaban J connectivity index is 1.92. The summed E-state index contributed by atoms with van der Waals surface area (Å²) in [6, 6.07) is 17.2. The summed E-state index contributed by atoms with van der Waals surface area (Å²) in [4.78, 5) is 13.6. The minimum atomic E-state index is -0.317. The van der Waals surface area contributed by atoms with Gasteiger partial charge in [0.15, 0.2) is 5.09 Å². The molecule has 2 aromatic carbocycles. The average molecular weight is 347 g/mol. The van der Waals surface area contributed by atoms with E-state index in [9.17, 15) is 10.1 Å². The molecule has 0 fully saturated rings. The molecule has 3 nitrogen and oxygen atoms in total. The maximum atomic E-state index is 12.7. The SMILES string of the molecule is CC1=C(c2ccc(C)cc2)O/C(=C(\C#N)C(=O)c2ccc(C)cc2)S1. The quantitative estimate of drug-likeness (QED) is 0.425. The maximum Gasteiger partial charge on any atom is 0.207 e. The molecule has 124 valence electrons. The summed E-state index contributed by atoms with van der Waals surface area (Å²) >= 11 is 1.33. The molecular weight excluding hydrogens is 330 g/mol. The van der Waals surface area contributed by atoms with Gasteiger partial charge in [0, 0.05) is 16.0 Å². The first-order chi connectivity index (χ1) is 12.0. The Bertz CT molecular complexity index is 929. The highest BCUT2D eigenvalue weighted by Gasteiger charge is 2.27. The van der Waals surface area contributed by atoms with Crippen LogP contribution in [0, 0.1) is 25.2 Å². The molecule has 0 N–H and O–H groups in total. The molecule has 3 rings (SSSR count). The fraction of sp³-hybridized carbons (Fsp3) is 0.143. The number of hydrogen-bond acceptors (Lipinski definition) is 4. The van der Waals surface area contributed by atoms with Gasteiger partial charge in [0.25, 0.3) is 0 Å². The van der Waals surface area contributed by atoms with Crippen LogP contribution in [-0.4, -0.2) is 5.78 Å². The molecule has 1 aliphatic rings. The lowest BCUT2D eigenvalue weighted by atomic mass is 10.0. The number of rotatable bonds is 3. The zero-order valence-electron chi connectivity index (χ0n) is 14.3. The van der Waals surface area contributed by atoms with Gasteiger partial charge in [-0.1, -0.05) is 71.4 Å². The van der Waals surface area contributed by atoms with Crippen molar-refractivity contribution in [2.24, 2.45) is 0 Å². The van der Waals surface area contributed by atoms with Crippen molar-refractivity contribution in [3.63, 3.8) is 0 Å². The second kappa shape index (κ2) is 7.00. The zero-order valence-corrected chi connectivity index (χ0v) is 15.1. The monoisotopic (exact) mass is 347 g/mol. The van der Waals surface area contributed by atoms with Crippen molar-refractivity contribution in [3.05, 3.63) is 86.4 Å². The lowest BCUT2D eigenvalue weighted by Gasteiger charge is -2.07. The number of allylic oxidation sites excluding steroid dienone is 2. The van der Waals surface area contributed by atoms with Gasteiger partial charge < -0.3 is 4.74 Å². The van der Waals surface area contributed by atoms with Crippen molar-refractivity contribution in [3.8, 4) is 6.07 Å². The van der Waals surface area contributed by atoms with Crippen LogP contribution in [0.4, 0.5) is 0 Å². The molecule has 0 bridgehead atoms. The van der Waals surface area contributed by atoms with Crippen LogP contribution >= 0.6 is 11.8 Å². The third-order valence-corrected chi connectivity index (χ3v) is 4.90. The van der Waals surface area contributed by atoms with Gasteiger partial charge >= 0.3 is 0 Å². The molecule has 0 spiro atoms. The minimum Gasteiger partial charge on any atom is -0.447 e. The third-order valence-electron chi connectivity index (χ3n) is 3.93.